The van der Waals surface area contributed by atoms with E-state index in [9.17, 15) is 24.9 Å². The standard InChI is InChI=1S/C25H41NO3.C21H33BrO2.C4H9NO/c1-24(29)10-7-18-16(13-24)3-4-20-19(18)8-11-25(2)21(20)5-6-22(25)23(28)15-26-12-9-17(27)14-26;1-20(24)9-7-14-13(11-20)3-4-16-15(14)8-10-21(2)17(16)5-6-18(21)19(23)12-22;6-4-1-2-5-3-4/h16-22,27,29H,3-15H2,1-2H3;13-18,24H,3-12H2,1-2H3;4-6H,1-3H2/t16-,17?,18+,19-,20-,21+,22-,24-,25+;13-,14+,15-,16-,17+,18-,20-,21+;/m11./s1. The van der Waals surface area contributed by atoms with Gasteiger partial charge in [0.25, 0.3) is 0 Å². The molecule has 59 heavy (non-hydrogen) atoms. The van der Waals surface area contributed by atoms with Crippen LogP contribution >= 0.6 is 15.9 Å². The summed E-state index contributed by atoms with van der Waals surface area (Å²) in [5, 5.41) is 43.1. The third-order valence-electron chi connectivity index (χ3n) is 20.0. The molecule has 0 bridgehead atoms. The molecule has 18 atom stereocenters. The first-order chi connectivity index (χ1) is 28.0. The molecule has 2 heterocycles. The summed E-state index contributed by atoms with van der Waals surface area (Å²) in [5.74, 6) is 9.43. The maximum absolute atomic E-state index is 13.3. The molecule has 0 amide bonds. The Balaban J connectivity index is 0.000000146. The number of carbonyl (C=O) groups is 2. The van der Waals surface area contributed by atoms with Gasteiger partial charge in [0.1, 0.15) is 11.6 Å². The topological polar surface area (TPSA) is 130 Å². The lowest BCUT2D eigenvalue weighted by molar-refractivity contribution is -0.133. The number of hydrogen-bond donors (Lipinski definition) is 5. The summed E-state index contributed by atoms with van der Waals surface area (Å²) in [4.78, 5) is 27.9. The Bertz CT molecular complexity index is 1480. The molecule has 8 aliphatic carbocycles. The van der Waals surface area contributed by atoms with Crippen molar-refractivity contribution in [1.29, 1.82) is 0 Å². The van der Waals surface area contributed by atoms with Gasteiger partial charge in [-0.15, -0.1) is 0 Å². The van der Waals surface area contributed by atoms with Crippen molar-refractivity contribution in [2.45, 2.75) is 180 Å². The number of ketones is 2. The van der Waals surface area contributed by atoms with Gasteiger partial charge in [0.2, 0.25) is 0 Å². The normalized spacial score (nSPS) is 51.3. The first-order valence-electron chi connectivity index (χ1n) is 24.9. The van der Waals surface area contributed by atoms with E-state index in [1.54, 1.807) is 0 Å². The van der Waals surface area contributed by atoms with E-state index in [2.05, 4.69) is 40.0 Å². The van der Waals surface area contributed by atoms with Crippen molar-refractivity contribution < 1.29 is 30.0 Å². The average Bonchev–Trinajstić information content (AvgIpc) is 4.00. The number of rotatable bonds is 5. The number of β-amino-alcohol motifs (C(OH)–C–C–N with tert-alkyl or cyclic N) is 2. The molecule has 0 aromatic heterocycles. The molecule has 9 heteroatoms. The van der Waals surface area contributed by atoms with Gasteiger partial charge in [-0.25, -0.2) is 0 Å². The molecule has 0 aromatic carbocycles. The van der Waals surface area contributed by atoms with Crippen LogP contribution in [0.1, 0.15) is 156 Å². The second-order valence-corrected chi connectivity index (χ2v) is 24.2. The minimum atomic E-state index is -0.439. The van der Waals surface area contributed by atoms with Crippen molar-refractivity contribution >= 4 is 27.5 Å². The van der Waals surface area contributed by atoms with Gasteiger partial charge >= 0.3 is 0 Å². The number of alkyl halides is 1. The maximum Gasteiger partial charge on any atom is 0.150 e. The fraction of sp³-hybridized carbons (Fsp3) is 0.960. The molecule has 8 nitrogen and oxygen atoms in total. The number of Topliss-reactive ketones (excluding diaryl/α,β-unsaturated/α-hetero) is 2. The molecule has 0 aromatic rings. The lowest BCUT2D eigenvalue weighted by Gasteiger charge is -2.56. The summed E-state index contributed by atoms with van der Waals surface area (Å²) in [6.45, 7) is 12.8. The smallest absolute Gasteiger partial charge is 0.150 e. The molecule has 0 radical (unpaired) electrons. The number of nitrogens with one attached hydrogen (secondary N) is 1. The van der Waals surface area contributed by atoms with Crippen LogP contribution in [0.25, 0.3) is 0 Å². The zero-order chi connectivity index (χ0) is 41.9. The lowest BCUT2D eigenvalue weighted by atomic mass is 9.49. The predicted octanol–water partition coefficient (Wildman–Crippen LogP) is 7.95. The van der Waals surface area contributed by atoms with Gasteiger partial charge in [-0.05, 0) is 219 Å². The van der Waals surface area contributed by atoms with Crippen molar-refractivity contribution in [3.63, 3.8) is 0 Å². The zero-order valence-electron chi connectivity index (χ0n) is 37.4. The summed E-state index contributed by atoms with van der Waals surface area (Å²) in [6, 6.07) is 0. The average molecular weight is 888 g/mol. The fourth-order valence-electron chi connectivity index (χ4n) is 17.2. The van der Waals surface area contributed by atoms with Gasteiger partial charge in [-0.2, -0.15) is 0 Å². The highest BCUT2D eigenvalue weighted by atomic mass is 79.9. The molecule has 2 unspecified atom stereocenters. The van der Waals surface area contributed by atoms with Crippen LogP contribution in [-0.4, -0.2) is 98.4 Å². The second-order valence-electron chi connectivity index (χ2n) is 23.6. The van der Waals surface area contributed by atoms with Crippen LogP contribution < -0.4 is 5.32 Å². The SMILES string of the molecule is C[C@@]1(O)CC[C@H]2[C@H](CC[C@@H]3[C@@H]2CC[C@]2(C)[C@@H](C(=O)CBr)CC[C@@H]32)C1.C[C@@]1(O)CC[C@H]2[C@H](CC[C@@H]3[C@@H]2CC[C@]2(C)[C@@H](C(=O)CN4CCC(O)C4)CC[C@@H]32)C1.OC1CCNC1. The van der Waals surface area contributed by atoms with Gasteiger partial charge in [-0.1, -0.05) is 29.8 Å². The Morgan fingerprint density at radius 2 is 1.10 bits per heavy atom. The highest BCUT2D eigenvalue weighted by molar-refractivity contribution is 9.09. The highest BCUT2D eigenvalue weighted by Gasteiger charge is 2.60. The molecule has 2 aliphatic heterocycles. The molecular weight excluding hydrogens is 804 g/mol. The minimum absolute atomic E-state index is 0.0648. The van der Waals surface area contributed by atoms with E-state index in [-0.39, 0.29) is 29.0 Å². The zero-order valence-corrected chi connectivity index (χ0v) is 39.0. The minimum Gasteiger partial charge on any atom is -0.392 e. The number of likely N-dealkylation sites (tertiary alicyclic amines) is 1. The molecule has 2 saturated heterocycles. The maximum atomic E-state index is 13.3. The molecule has 10 rings (SSSR count). The molecule has 8 saturated carbocycles. The number of halogens is 1. The first-order valence-corrected chi connectivity index (χ1v) is 26.0. The molecule has 5 N–H and O–H groups in total. The number of hydrogen-bond acceptors (Lipinski definition) is 8. The summed E-state index contributed by atoms with van der Waals surface area (Å²) in [5.41, 5.74) is -0.397. The quantitative estimate of drug-likeness (QED) is 0.176. The Morgan fingerprint density at radius 1 is 0.593 bits per heavy atom. The number of aliphatic hydroxyl groups is 4. The van der Waals surface area contributed by atoms with Gasteiger partial charge in [-0.3, -0.25) is 14.5 Å². The Hall–Kier alpha value is -0.420. The summed E-state index contributed by atoms with van der Waals surface area (Å²) in [7, 11) is 0. The van der Waals surface area contributed by atoms with Crippen LogP contribution in [0.3, 0.4) is 0 Å². The van der Waals surface area contributed by atoms with Crippen LogP contribution in [0.15, 0.2) is 0 Å². The van der Waals surface area contributed by atoms with Crippen molar-refractivity contribution in [2.75, 3.05) is 38.1 Å². The van der Waals surface area contributed by atoms with Gasteiger partial charge in [0.15, 0.2) is 0 Å². The fourth-order valence-corrected chi connectivity index (χ4v) is 17.6. The van der Waals surface area contributed by atoms with Gasteiger partial charge in [0.05, 0.1) is 35.3 Å². The number of carbonyl (C=O) groups excluding carboxylic acids is 2. The Morgan fingerprint density at radius 3 is 1.53 bits per heavy atom. The molecular formula is C50H83BrN2O6. The number of fused-ring (bicyclic) bond motifs is 10. The predicted molar refractivity (Wildman–Crippen MR) is 237 cm³/mol. The van der Waals surface area contributed by atoms with Gasteiger partial charge in [0, 0.05) is 31.5 Å². The van der Waals surface area contributed by atoms with Crippen molar-refractivity contribution in [3.8, 4) is 0 Å². The largest absolute Gasteiger partial charge is 0.392 e. The first kappa shape index (κ1) is 45.2. The highest BCUT2D eigenvalue weighted by Crippen LogP contribution is 2.66. The lowest BCUT2D eigenvalue weighted by Crippen LogP contribution is -2.51. The van der Waals surface area contributed by atoms with Crippen LogP contribution in [0.4, 0.5) is 0 Å². The van der Waals surface area contributed by atoms with Crippen molar-refractivity contribution in [1.82, 2.24) is 10.2 Å². The summed E-state index contributed by atoms with van der Waals surface area (Å²) >= 11 is 3.42. The van der Waals surface area contributed by atoms with Crippen LogP contribution in [0.5, 0.6) is 0 Å². The Kier molecular flexibility index (Phi) is 13.7. The van der Waals surface area contributed by atoms with E-state index in [1.807, 2.05) is 13.8 Å². The molecule has 336 valence electrons. The second kappa shape index (κ2) is 17.9. The number of nitrogens with zero attached hydrogens (tertiary/aromatic N) is 1. The van der Waals surface area contributed by atoms with E-state index in [1.165, 1.54) is 77.0 Å². The van der Waals surface area contributed by atoms with Crippen LogP contribution in [-0.2, 0) is 9.59 Å². The third kappa shape index (κ3) is 9.13. The third-order valence-corrected chi connectivity index (χ3v) is 20.6. The van der Waals surface area contributed by atoms with E-state index in [0.717, 1.165) is 130 Å². The van der Waals surface area contributed by atoms with E-state index in [0.29, 0.717) is 35.9 Å². The van der Waals surface area contributed by atoms with Crippen LogP contribution in [0.2, 0.25) is 0 Å². The summed E-state index contributed by atoms with van der Waals surface area (Å²) < 4.78 is 0. The summed E-state index contributed by atoms with van der Waals surface area (Å²) in [6.07, 6.45) is 23.0. The van der Waals surface area contributed by atoms with E-state index >= 15 is 0 Å². The van der Waals surface area contributed by atoms with Crippen molar-refractivity contribution in [2.24, 2.45) is 81.8 Å². The van der Waals surface area contributed by atoms with Crippen LogP contribution in [0, 0.1) is 81.8 Å². The Labute approximate surface area is 365 Å². The molecule has 10 fully saturated rings. The van der Waals surface area contributed by atoms with E-state index < -0.39 is 11.2 Å². The van der Waals surface area contributed by atoms with Gasteiger partial charge < -0.3 is 25.7 Å². The molecule has 10 aliphatic rings. The van der Waals surface area contributed by atoms with E-state index in [4.69, 9.17) is 5.11 Å². The molecule has 0 spiro atoms. The van der Waals surface area contributed by atoms with Crippen molar-refractivity contribution in [3.05, 3.63) is 0 Å². The monoisotopic (exact) mass is 887 g/mol. The number of aliphatic hydroxyl groups excluding tert-OH is 2.